The molecule has 0 fully saturated rings. The average molecular weight is 367 g/mol. The molecule has 6 nitrogen and oxygen atoms in total. The third-order valence-corrected chi connectivity index (χ3v) is 4.81. The number of hydrogen-bond donors (Lipinski definition) is 2. The Labute approximate surface area is 160 Å². The molecule has 5 aromatic rings. The number of H-pyrrole nitrogens is 2. The minimum atomic E-state index is -0.0332. The first-order valence-corrected chi connectivity index (χ1v) is 9.05. The van der Waals surface area contributed by atoms with Crippen molar-refractivity contribution in [2.24, 2.45) is 0 Å². The number of Topliss-reactive ketones (excluding diaryl/α,β-unsaturated/α-hetero) is 1. The summed E-state index contributed by atoms with van der Waals surface area (Å²) < 4.78 is 0. The van der Waals surface area contributed by atoms with Gasteiger partial charge in [-0.2, -0.15) is 5.10 Å². The van der Waals surface area contributed by atoms with E-state index in [0.29, 0.717) is 12.2 Å². The molecular weight excluding hydrogens is 350 g/mol. The number of benzene rings is 2. The van der Waals surface area contributed by atoms with Crippen molar-refractivity contribution >= 4 is 27.7 Å². The smallest absolute Gasteiger partial charge is 0.202 e. The normalized spacial score (nSPS) is 11.3. The van der Waals surface area contributed by atoms with Crippen LogP contribution >= 0.6 is 0 Å². The predicted molar refractivity (Wildman–Crippen MR) is 108 cm³/mol. The fourth-order valence-electron chi connectivity index (χ4n) is 3.43. The van der Waals surface area contributed by atoms with Crippen LogP contribution in [0.5, 0.6) is 0 Å². The summed E-state index contributed by atoms with van der Waals surface area (Å²) in [6.45, 7) is 1.95. The van der Waals surface area contributed by atoms with Crippen LogP contribution in [0.3, 0.4) is 0 Å². The minimum Gasteiger partial charge on any atom is -0.335 e. The Balaban J connectivity index is 1.55. The number of pyridine rings is 1. The lowest BCUT2D eigenvalue weighted by Gasteiger charge is -1.99. The highest BCUT2D eigenvalue weighted by Gasteiger charge is 2.15. The Morgan fingerprint density at radius 1 is 1.04 bits per heavy atom. The predicted octanol–water partition coefficient (Wildman–Crippen LogP) is 4.24. The van der Waals surface area contributed by atoms with E-state index in [4.69, 9.17) is 0 Å². The average Bonchev–Trinajstić information content (AvgIpc) is 3.30. The van der Waals surface area contributed by atoms with Crippen molar-refractivity contribution < 1.29 is 4.79 Å². The van der Waals surface area contributed by atoms with E-state index < -0.39 is 0 Å². The number of fused-ring (bicyclic) bond motifs is 2. The zero-order valence-corrected chi connectivity index (χ0v) is 15.2. The third-order valence-electron chi connectivity index (χ3n) is 4.81. The first kappa shape index (κ1) is 16.4. The van der Waals surface area contributed by atoms with Crippen LogP contribution in [-0.4, -0.2) is 30.9 Å². The molecule has 0 radical (unpaired) electrons. The molecule has 0 aliphatic rings. The van der Waals surface area contributed by atoms with Gasteiger partial charge in [0.1, 0.15) is 5.69 Å². The van der Waals surface area contributed by atoms with Crippen LogP contribution in [0.2, 0.25) is 0 Å². The Bertz CT molecular complexity index is 1320. The number of carbonyl (C=O) groups excluding carboxylic acids is 1. The number of carbonyl (C=O) groups is 1. The van der Waals surface area contributed by atoms with Gasteiger partial charge in [0.2, 0.25) is 5.78 Å². The fraction of sp³-hybridized carbons (Fsp3) is 0.0909. The number of aromatic amines is 2. The summed E-state index contributed by atoms with van der Waals surface area (Å²) in [6, 6.07) is 17.5. The molecule has 136 valence electrons. The first-order chi connectivity index (χ1) is 13.7. The van der Waals surface area contributed by atoms with Crippen LogP contribution in [0.15, 0.2) is 60.8 Å². The Hall–Kier alpha value is -3.80. The molecule has 2 aromatic carbocycles. The van der Waals surface area contributed by atoms with Crippen LogP contribution in [-0.2, 0) is 6.42 Å². The van der Waals surface area contributed by atoms with Crippen molar-refractivity contribution in [2.75, 3.05) is 0 Å². The molecule has 0 unspecified atom stereocenters. The molecule has 0 amide bonds. The van der Waals surface area contributed by atoms with Crippen molar-refractivity contribution in [3.05, 3.63) is 77.9 Å². The Morgan fingerprint density at radius 2 is 1.89 bits per heavy atom. The molecular formula is C22H17N5O. The van der Waals surface area contributed by atoms with Gasteiger partial charge in [0, 0.05) is 29.3 Å². The van der Waals surface area contributed by atoms with Gasteiger partial charge >= 0.3 is 0 Å². The summed E-state index contributed by atoms with van der Waals surface area (Å²) in [4.78, 5) is 24.5. The van der Waals surface area contributed by atoms with Crippen LogP contribution in [0, 0.1) is 6.92 Å². The van der Waals surface area contributed by atoms with E-state index in [1.807, 2.05) is 61.5 Å². The molecule has 3 heterocycles. The maximum Gasteiger partial charge on any atom is 0.202 e. The molecule has 6 heteroatoms. The highest BCUT2D eigenvalue weighted by molar-refractivity contribution is 6.03. The van der Waals surface area contributed by atoms with E-state index in [1.54, 1.807) is 6.20 Å². The minimum absolute atomic E-state index is 0.0332. The summed E-state index contributed by atoms with van der Waals surface area (Å²) in [5, 5.41) is 8.50. The van der Waals surface area contributed by atoms with E-state index in [-0.39, 0.29) is 5.78 Å². The second kappa shape index (κ2) is 6.42. The first-order valence-electron chi connectivity index (χ1n) is 9.05. The summed E-state index contributed by atoms with van der Waals surface area (Å²) in [6.07, 6.45) is 2.10. The van der Waals surface area contributed by atoms with E-state index in [2.05, 4.69) is 25.1 Å². The van der Waals surface area contributed by atoms with Gasteiger partial charge in [0.25, 0.3) is 0 Å². The van der Waals surface area contributed by atoms with E-state index >= 15 is 0 Å². The molecule has 2 N–H and O–H groups in total. The van der Waals surface area contributed by atoms with Gasteiger partial charge < -0.3 is 4.98 Å². The SMILES string of the molecule is Cc1cc(-c2n[nH]c3cc4[nH]c(C(=O)Cc5ccccc5)nc4cc23)ccn1. The summed E-state index contributed by atoms with van der Waals surface area (Å²) in [5.41, 5.74) is 6.20. The van der Waals surface area contributed by atoms with E-state index in [1.165, 1.54) is 0 Å². The van der Waals surface area contributed by atoms with Gasteiger partial charge in [-0.25, -0.2) is 4.98 Å². The number of imidazole rings is 1. The monoisotopic (exact) mass is 367 g/mol. The molecule has 0 aliphatic carbocycles. The van der Waals surface area contributed by atoms with E-state index in [0.717, 1.165) is 44.5 Å². The van der Waals surface area contributed by atoms with Crippen LogP contribution in [0.25, 0.3) is 33.2 Å². The standard InChI is InChI=1S/C22H17N5O/c1-13-9-15(7-8-23-13)21-16-11-18-19(12-17(16)26-27-21)25-22(24-18)20(28)10-14-5-3-2-4-6-14/h2-9,11-12H,10H2,1H3,(H,24,25)(H,26,27). The zero-order chi connectivity index (χ0) is 19.1. The van der Waals surface area contributed by atoms with Crippen LogP contribution in [0.4, 0.5) is 0 Å². The lowest BCUT2D eigenvalue weighted by Crippen LogP contribution is -2.05. The number of aryl methyl sites for hydroxylation is 1. The fourth-order valence-corrected chi connectivity index (χ4v) is 3.43. The molecule has 28 heavy (non-hydrogen) atoms. The van der Waals surface area contributed by atoms with E-state index in [9.17, 15) is 4.79 Å². The number of nitrogens with zero attached hydrogens (tertiary/aromatic N) is 3. The summed E-state index contributed by atoms with van der Waals surface area (Å²) >= 11 is 0. The molecule has 0 atom stereocenters. The van der Waals surface area contributed by atoms with Gasteiger partial charge in [0.05, 0.1) is 16.6 Å². The van der Waals surface area contributed by atoms with Gasteiger partial charge in [-0.3, -0.25) is 14.9 Å². The molecule has 0 spiro atoms. The molecule has 0 saturated heterocycles. The third kappa shape index (κ3) is 2.85. The number of aromatic nitrogens is 5. The van der Waals surface area contributed by atoms with Crippen molar-refractivity contribution in [2.45, 2.75) is 13.3 Å². The molecule has 0 bridgehead atoms. The quantitative estimate of drug-likeness (QED) is 0.465. The van der Waals surface area contributed by atoms with Crippen molar-refractivity contribution in [3.8, 4) is 11.3 Å². The van der Waals surface area contributed by atoms with Gasteiger partial charge in [-0.05, 0) is 36.8 Å². The lowest BCUT2D eigenvalue weighted by molar-refractivity contribution is 0.0984. The maximum absolute atomic E-state index is 12.6. The van der Waals surface area contributed by atoms with Gasteiger partial charge in [-0.1, -0.05) is 30.3 Å². The Kier molecular flexibility index (Phi) is 3.76. The summed E-state index contributed by atoms with van der Waals surface area (Å²) in [5.74, 6) is 0.343. The molecule has 0 aliphatic heterocycles. The van der Waals surface area contributed by atoms with Gasteiger partial charge in [0.15, 0.2) is 5.82 Å². The zero-order valence-electron chi connectivity index (χ0n) is 15.2. The lowest BCUT2D eigenvalue weighted by atomic mass is 10.1. The molecule has 0 saturated carbocycles. The number of rotatable bonds is 4. The van der Waals surface area contributed by atoms with Gasteiger partial charge in [-0.15, -0.1) is 0 Å². The Morgan fingerprint density at radius 3 is 2.71 bits per heavy atom. The van der Waals surface area contributed by atoms with Crippen molar-refractivity contribution in [3.63, 3.8) is 0 Å². The highest BCUT2D eigenvalue weighted by atomic mass is 16.1. The highest BCUT2D eigenvalue weighted by Crippen LogP contribution is 2.29. The second-order valence-electron chi connectivity index (χ2n) is 6.84. The molecule has 5 rings (SSSR count). The van der Waals surface area contributed by atoms with Crippen LogP contribution < -0.4 is 0 Å². The topological polar surface area (TPSA) is 87.3 Å². The number of hydrogen-bond acceptors (Lipinski definition) is 4. The summed E-state index contributed by atoms with van der Waals surface area (Å²) in [7, 11) is 0. The van der Waals surface area contributed by atoms with Crippen LogP contribution in [0.1, 0.15) is 21.9 Å². The van der Waals surface area contributed by atoms with Crippen molar-refractivity contribution in [1.29, 1.82) is 0 Å². The maximum atomic E-state index is 12.6. The number of nitrogens with one attached hydrogen (secondary N) is 2. The second-order valence-corrected chi connectivity index (χ2v) is 6.84. The number of ketones is 1. The molecule has 3 aromatic heterocycles. The largest absolute Gasteiger partial charge is 0.335 e. The van der Waals surface area contributed by atoms with Crippen molar-refractivity contribution in [1.82, 2.24) is 25.1 Å².